The van der Waals surface area contributed by atoms with Crippen molar-refractivity contribution in [1.29, 1.82) is 0 Å². The summed E-state index contributed by atoms with van der Waals surface area (Å²) in [5.41, 5.74) is 0.925. The average Bonchev–Trinajstić information content (AvgIpc) is 2.30. The lowest BCUT2D eigenvalue weighted by Crippen LogP contribution is -2.29. The van der Waals surface area contributed by atoms with Crippen molar-refractivity contribution in [2.24, 2.45) is 0 Å². The second-order valence-electron chi connectivity index (χ2n) is 3.49. The minimum absolute atomic E-state index is 0.0890. The molecular formula is C11H19N3O2. The third-order valence-corrected chi connectivity index (χ3v) is 2.28. The van der Waals surface area contributed by atoms with Crippen LogP contribution in [0.2, 0.25) is 0 Å². The molecule has 0 unspecified atom stereocenters. The van der Waals surface area contributed by atoms with Gasteiger partial charge >= 0.3 is 0 Å². The van der Waals surface area contributed by atoms with E-state index in [-0.39, 0.29) is 13.2 Å². The van der Waals surface area contributed by atoms with E-state index in [1.807, 2.05) is 30.1 Å². The maximum Gasteiger partial charge on any atom is 0.126 e. The van der Waals surface area contributed by atoms with E-state index >= 15 is 0 Å². The molecule has 16 heavy (non-hydrogen) atoms. The van der Waals surface area contributed by atoms with Crippen molar-refractivity contribution in [2.45, 2.75) is 6.54 Å². The van der Waals surface area contributed by atoms with E-state index in [0.29, 0.717) is 19.6 Å². The minimum atomic E-state index is 0.0890. The zero-order valence-corrected chi connectivity index (χ0v) is 9.56. The van der Waals surface area contributed by atoms with Crippen LogP contribution in [0, 0.1) is 0 Å². The van der Waals surface area contributed by atoms with Crippen LogP contribution < -0.4 is 5.32 Å². The summed E-state index contributed by atoms with van der Waals surface area (Å²) >= 11 is 0. The third kappa shape index (κ3) is 4.14. The standard InChI is InChI=1S/C11H19N3O2/c1-12-11-4-2-3-10(13-11)9-14(5-7-15)6-8-16/h2-4,15-16H,5-9H2,1H3,(H,12,13). The van der Waals surface area contributed by atoms with Crippen molar-refractivity contribution in [2.75, 3.05) is 38.7 Å². The maximum absolute atomic E-state index is 8.89. The van der Waals surface area contributed by atoms with E-state index in [1.165, 1.54) is 0 Å². The van der Waals surface area contributed by atoms with Gasteiger partial charge in [0.05, 0.1) is 18.9 Å². The molecule has 0 saturated carbocycles. The number of rotatable bonds is 7. The van der Waals surface area contributed by atoms with Crippen LogP contribution in [0.3, 0.4) is 0 Å². The number of aromatic nitrogens is 1. The van der Waals surface area contributed by atoms with Gasteiger partial charge in [-0.15, -0.1) is 0 Å². The van der Waals surface area contributed by atoms with Crippen molar-refractivity contribution in [1.82, 2.24) is 9.88 Å². The molecule has 1 heterocycles. The van der Waals surface area contributed by atoms with Gasteiger partial charge in [0.1, 0.15) is 5.82 Å². The number of anilines is 1. The molecule has 5 heteroatoms. The van der Waals surface area contributed by atoms with Crippen molar-refractivity contribution in [3.63, 3.8) is 0 Å². The Balaban J connectivity index is 2.60. The van der Waals surface area contributed by atoms with Crippen LogP contribution in [-0.2, 0) is 6.54 Å². The molecule has 3 N–H and O–H groups in total. The van der Waals surface area contributed by atoms with E-state index < -0.39 is 0 Å². The van der Waals surface area contributed by atoms with Gasteiger partial charge in [-0.1, -0.05) is 6.07 Å². The van der Waals surface area contributed by atoms with Gasteiger partial charge in [0.25, 0.3) is 0 Å². The first-order chi connectivity index (χ1) is 7.80. The average molecular weight is 225 g/mol. The maximum atomic E-state index is 8.89. The topological polar surface area (TPSA) is 68.6 Å². The van der Waals surface area contributed by atoms with Crippen LogP contribution in [0.5, 0.6) is 0 Å². The van der Waals surface area contributed by atoms with Gasteiger partial charge in [0.2, 0.25) is 0 Å². The molecule has 0 radical (unpaired) electrons. The molecule has 0 atom stereocenters. The molecule has 1 aromatic heterocycles. The van der Waals surface area contributed by atoms with Gasteiger partial charge in [0.15, 0.2) is 0 Å². The van der Waals surface area contributed by atoms with E-state index in [4.69, 9.17) is 10.2 Å². The summed E-state index contributed by atoms with van der Waals surface area (Å²) < 4.78 is 0. The molecule has 0 spiro atoms. The van der Waals surface area contributed by atoms with E-state index in [1.54, 1.807) is 0 Å². The summed E-state index contributed by atoms with van der Waals surface area (Å²) in [7, 11) is 1.82. The summed E-state index contributed by atoms with van der Waals surface area (Å²) in [6.07, 6.45) is 0. The number of hydrogen-bond acceptors (Lipinski definition) is 5. The van der Waals surface area contributed by atoms with E-state index in [9.17, 15) is 0 Å². The quantitative estimate of drug-likeness (QED) is 0.605. The summed E-state index contributed by atoms with van der Waals surface area (Å²) in [6, 6.07) is 5.76. The number of aliphatic hydroxyl groups excluding tert-OH is 2. The molecule has 5 nitrogen and oxygen atoms in total. The van der Waals surface area contributed by atoms with Crippen molar-refractivity contribution >= 4 is 5.82 Å². The molecule has 90 valence electrons. The number of hydrogen-bond donors (Lipinski definition) is 3. The lowest BCUT2D eigenvalue weighted by Gasteiger charge is -2.19. The number of aliphatic hydroxyl groups is 2. The van der Waals surface area contributed by atoms with Crippen molar-refractivity contribution in [3.05, 3.63) is 23.9 Å². The second kappa shape index (κ2) is 7.16. The van der Waals surface area contributed by atoms with E-state index in [2.05, 4.69) is 10.3 Å². The largest absolute Gasteiger partial charge is 0.395 e. The van der Waals surface area contributed by atoms with Crippen LogP contribution >= 0.6 is 0 Å². The zero-order valence-electron chi connectivity index (χ0n) is 9.56. The zero-order chi connectivity index (χ0) is 11.8. The fourth-order valence-electron chi connectivity index (χ4n) is 1.49. The SMILES string of the molecule is CNc1cccc(CN(CCO)CCO)n1. The van der Waals surface area contributed by atoms with Crippen LogP contribution in [0.15, 0.2) is 18.2 Å². The molecule has 0 aliphatic rings. The Bertz CT molecular complexity index is 301. The Kier molecular flexibility index (Phi) is 5.77. The van der Waals surface area contributed by atoms with Gasteiger partial charge in [-0.25, -0.2) is 4.98 Å². The fourth-order valence-corrected chi connectivity index (χ4v) is 1.49. The summed E-state index contributed by atoms with van der Waals surface area (Å²) in [6.45, 7) is 1.91. The molecule has 0 bridgehead atoms. The highest BCUT2D eigenvalue weighted by molar-refractivity contribution is 5.34. The Hall–Kier alpha value is -1.17. The molecular weight excluding hydrogens is 206 g/mol. The third-order valence-electron chi connectivity index (χ3n) is 2.28. The van der Waals surface area contributed by atoms with Crippen LogP contribution in [0.4, 0.5) is 5.82 Å². The Morgan fingerprint density at radius 1 is 1.25 bits per heavy atom. The normalized spacial score (nSPS) is 10.8. The van der Waals surface area contributed by atoms with Crippen molar-refractivity contribution in [3.8, 4) is 0 Å². The molecule has 1 rings (SSSR count). The predicted molar refractivity (Wildman–Crippen MR) is 63.2 cm³/mol. The Morgan fingerprint density at radius 3 is 2.50 bits per heavy atom. The second-order valence-corrected chi connectivity index (χ2v) is 3.49. The first-order valence-electron chi connectivity index (χ1n) is 5.38. The molecule has 0 amide bonds. The molecule has 0 saturated heterocycles. The van der Waals surface area contributed by atoms with Crippen LogP contribution in [0.25, 0.3) is 0 Å². The summed E-state index contributed by atoms with van der Waals surface area (Å²) in [5, 5.41) is 20.7. The van der Waals surface area contributed by atoms with Gasteiger partial charge in [-0.05, 0) is 12.1 Å². The highest BCUT2D eigenvalue weighted by Crippen LogP contribution is 2.06. The predicted octanol–water partition coefficient (Wildman–Crippen LogP) is -0.0901. The first kappa shape index (κ1) is 12.9. The highest BCUT2D eigenvalue weighted by atomic mass is 16.3. The Labute approximate surface area is 95.7 Å². The van der Waals surface area contributed by atoms with E-state index in [0.717, 1.165) is 11.5 Å². The van der Waals surface area contributed by atoms with Crippen LogP contribution in [0.1, 0.15) is 5.69 Å². The summed E-state index contributed by atoms with van der Waals surface area (Å²) in [4.78, 5) is 6.34. The fraction of sp³-hybridized carbons (Fsp3) is 0.545. The molecule has 0 fully saturated rings. The smallest absolute Gasteiger partial charge is 0.126 e. The molecule has 0 aliphatic carbocycles. The lowest BCUT2D eigenvalue weighted by molar-refractivity contribution is 0.155. The Morgan fingerprint density at radius 2 is 1.94 bits per heavy atom. The van der Waals surface area contributed by atoms with Gasteiger partial charge in [0, 0.05) is 26.7 Å². The van der Waals surface area contributed by atoms with Gasteiger partial charge in [-0.3, -0.25) is 4.90 Å². The molecule has 0 aliphatic heterocycles. The first-order valence-corrected chi connectivity index (χ1v) is 5.38. The van der Waals surface area contributed by atoms with Crippen molar-refractivity contribution < 1.29 is 10.2 Å². The number of nitrogens with one attached hydrogen (secondary N) is 1. The number of pyridine rings is 1. The summed E-state index contributed by atoms with van der Waals surface area (Å²) in [5.74, 6) is 0.824. The monoisotopic (exact) mass is 225 g/mol. The molecule has 1 aromatic rings. The minimum Gasteiger partial charge on any atom is -0.395 e. The van der Waals surface area contributed by atoms with Gasteiger partial charge < -0.3 is 15.5 Å². The van der Waals surface area contributed by atoms with Crippen LogP contribution in [-0.4, -0.2) is 53.4 Å². The highest BCUT2D eigenvalue weighted by Gasteiger charge is 2.05. The molecule has 0 aromatic carbocycles. The lowest BCUT2D eigenvalue weighted by atomic mass is 10.3. The van der Waals surface area contributed by atoms with Gasteiger partial charge in [-0.2, -0.15) is 0 Å². The number of nitrogens with zero attached hydrogens (tertiary/aromatic N) is 2.